The zero-order valence-electron chi connectivity index (χ0n) is 18.1. The zero-order chi connectivity index (χ0) is 23.5. The number of nitrogens with one attached hydrogen (secondary N) is 2. The van der Waals surface area contributed by atoms with Gasteiger partial charge in [0.05, 0.1) is 11.1 Å². The molecule has 0 aromatic heterocycles. The molecule has 1 unspecified atom stereocenters. The van der Waals surface area contributed by atoms with Gasteiger partial charge in [-0.15, -0.1) is 0 Å². The normalized spacial score (nSPS) is 17.7. The van der Waals surface area contributed by atoms with Crippen molar-refractivity contribution < 1.29 is 24.0 Å². The first-order chi connectivity index (χ1) is 15.9. The number of rotatable bonds is 7. The molecule has 33 heavy (non-hydrogen) atoms. The molecule has 0 bridgehead atoms. The molecule has 2 heterocycles. The molecule has 0 aliphatic carbocycles. The molecule has 2 aromatic rings. The van der Waals surface area contributed by atoms with E-state index in [-0.39, 0.29) is 36.5 Å². The van der Waals surface area contributed by atoms with Gasteiger partial charge in [-0.05, 0) is 25.0 Å². The lowest BCUT2D eigenvalue weighted by Gasteiger charge is -2.27. The summed E-state index contributed by atoms with van der Waals surface area (Å²) in [5.74, 6) is -1.69. The van der Waals surface area contributed by atoms with Crippen LogP contribution in [0.3, 0.4) is 0 Å². The van der Waals surface area contributed by atoms with Gasteiger partial charge in [0.2, 0.25) is 11.8 Å². The van der Waals surface area contributed by atoms with Crippen LogP contribution < -0.4 is 10.6 Å². The molecule has 0 saturated carbocycles. The molecule has 2 N–H and O–H groups in total. The molecule has 4 rings (SSSR count). The van der Waals surface area contributed by atoms with Crippen molar-refractivity contribution in [2.75, 3.05) is 6.54 Å². The SMILES string of the molecule is CC(=O)NC1CC(C(=O)c2ccccc2)=C(CCCN2C(=O)c3ccccc3C2=O)NC1=O. The summed E-state index contributed by atoms with van der Waals surface area (Å²) in [6.45, 7) is 1.47. The average Bonchev–Trinajstić information content (AvgIpc) is 3.05. The minimum absolute atomic E-state index is 0.0709. The number of hydrogen-bond donors (Lipinski definition) is 2. The van der Waals surface area contributed by atoms with Gasteiger partial charge in [0.1, 0.15) is 6.04 Å². The molecule has 0 spiro atoms. The summed E-state index contributed by atoms with van der Waals surface area (Å²) in [7, 11) is 0. The second-order valence-electron chi connectivity index (χ2n) is 8.01. The molecule has 0 radical (unpaired) electrons. The number of benzene rings is 2. The van der Waals surface area contributed by atoms with Crippen molar-refractivity contribution in [2.24, 2.45) is 0 Å². The summed E-state index contributed by atoms with van der Waals surface area (Å²) in [5.41, 5.74) is 2.09. The molecule has 0 fully saturated rings. The summed E-state index contributed by atoms with van der Waals surface area (Å²) in [6, 6.07) is 14.5. The van der Waals surface area contributed by atoms with Gasteiger partial charge in [-0.1, -0.05) is 42.5 Å². The van der Waals surface area contributed by atoms with E-state index in [1.807, 2.05) is 0 Å². The van der Waals surface area contributed by atoms with E-state index in [4.69, 9.17) is 0 Å². The highest BCUT2D eigenvalue weighted by Crippen LogP contribution is 2.26. The van der Waals surface area contributed by atoms with Crippen LogP contribution in [-0.4, -0.2) is 46.9 Å². The van der Waals surface area contributed by atoms with Crippen LogP contribution in [-0.2, 0) is 9.59 Å². The minimum atomic E-state index is -0.842. The van der Waals surface area contributed by atoms with Crippen LogP contribution >= 0.6 is 0 Å². The molecule has 4 amide bonds. The maximum absolute atomic E-state index is 13.2. The van der Waals surface area contributed by atoms with Crippen LogP contribution in [0.4, 0.5) is 0 Å². The Bertz CT molecular complexity index is 1150. The fourth-order valence-electron chi connectivity index (χ4n) is 4.16. The van der Waals surface area contributed by atoms with E-state index in [2.05, 4.69) is 10.6 Å². The summed E-state index contributed by atoms with van der Waals surface area (Å²) in [6.07, 6.45) is 0.735. The Balaban J connectivity index is 1.53. The van der Waals surface area contributed by atoms with E-state index in [1.165, 1.54) is 11.8 Å². The van der Waals surface area contributed by atoms with Gasteiger partial charge in [0.15, 0.2) is 5.78 Å². The van der Waals surface area contributed by atoms with Crippen molar-refractivity contribution in [1.29, 1.82) is 0 Å². The molecule has 8 heteroatoms. The third kappa shape index (κ3) is 4.45. The van der Waals surface area contributed by atoms with Gasteiger partial charge in [0, 0.05) is 36.7 Å². The molecule has 2 aliphatic rings. The van der Waals surface area contributed by atoms with E-state index in [0.29, 0.717) is 40.8 Å². The fourth-order valence-corrected chi connectivity index (χ4v) is 4.16. The van der Waals surface area contributed by atoms with Gasteiger partial charge >= 0.3 is 0 Å². The van der Waals surface area contributed by atoms with Crippen molar-refractivity contribution in [1.82, 2.24) is 15.5 Å². The van der Waals surface area contributed by atoms with Gasteiger partial charge in [-0.25, -0.2) is 0 Å². The molecular formula is C25H23N3O5. The monoisotopic (exact) mass is 445 g/mol. The molecule has 8 nitrogen and oxygen atoms in total. The van der Waals surface area contributed by atoms with Gasteiger partial charge in [-0.3, -0.25) is 28.9 Å². The van der Waals surface area contributed by atoms with Crippen LogP contribution in [0.15, 0.2) is 65.9 Å². The molecule has 0 saturated heterocycles. The van der Waals surface area contributed by atoms with Gasteiger partial charge in [0.25, 0.3) is 11.8 Å². The number of nitrogens with zero attached hydrogens (tertiary/aromatic N) is 1. The Kier molecular flexibility index (Phi) is 6.17. The van der Waals surface area contributed by atoms with Gasteiger partial charge in [-0.2, -0.15) is 0 Å². The van der Waals surface area contributed by atoms with Crippen molar-refractivity contribution in [3.05, 3.63) is 82.6 Å². The number of carbonyl (C=O) groups is 5. The molecule has 1 atom stereocenters. The molecule has 2 aromatic carbocycles. The van der Waals surface area contributed by atoms with Crippen molar-refractivity contribution >= 4 is 29.4 Å². The number of Topliss-reactive ketones (excluding diaryl/α,β-unsaturated/α-hetero) is 1. The maximum atomic E-state index is 13.2. The number of fused-ring (bicyclic) bond motifs is 1. The van der Waals surface area contributed by atoms with E-state index in [0.717, 1.165) is 0 Å². The number of allylic oxidation sites excluding steroid dienone is 1. The lowest BCUT2D eigenvalue weighted by molar-refractivity contribution is -0.128. The molecule has 2 aliphatic heterocycles. The standard InChI is InChI=1S/C25H23N3O5/c1-15(29)26-21-14-19(22(30)16-8-3-2-4-9-16)20(27-23(21)31)12-7-13-28-24(32)17-10-5-6-11-18(17)25(28)33/h2-6,8-11,21H,7,12-14H2,1H3,(H,26,29)(H,27,31). The highest BCUT2D eigenvalue weighted by Gasteiger charge is 2.35. The van der Waals surface area contributed by atoms with Crippen molar-refractivity contribution in [2.45, 2.75) is 32.2 Å². The van der Waals surface area contributed by atoms with Crippen LogP contribution in [0.5, 0.6) is 0 Å². The Morgan fingerprint density at radius 3 is 2.18 bits per heavy atom. The third-order valence-electron chi connectivity index (χ3n) is 5.74. The number of hydrogen-bond acceptors (Lipinski definition) is 5. The number of ketones is 1. The van der Waals surface area contributed by atoms with E-state index in [1.54, 1.807) is 54.6 Å². The van der Waals surface area contributed by atoms with Crippen LogP contribution in [0, 0.1) is 0 Å². The first-order valence-corrected chi connectivity index (χ1v) is 10.7. The lowest BCUT2D eigenvalue weighted by atomic mass is 9.90. The highest BCUT2D eigenvalue weighted by atomic mass is 16.2. The molecular weight excluding hydrogens is 422 g/mol. The van der Waals surface area contributed by atoms with Crippen molar-refractivity contribution in [3.63, 3.8) is 0 Å². The number of carbonyl (C=O) groups excluding carboxylic acids is 5. The Morgan fingerprint density at radius 2 is 1.58 bits per heavy atom. The first-order valence-electron chi connectivity index (χ1n) is 10.7. The molecule has 168 valence electrons. The predicted molar refractivity (Wildman–Crippen MR) is 119 cm³/mol. The van der Waals surface area contributed by atoms with Crippen molar-refractivity contribution in [3.8, 4) is 0 Å². The zero-order valence-corrected chi connectivity index (χ0v) is 18.1. The van der Waals surface area contributed by atoms with Crippen LogP contribution in [0.25, 0.3) is 0 Å². The lowest BCUT2D eigenvalue weighted by Crippen LogP contribution is -2.50. The van der Waals surface area contributed by atoms with Crippen LogP contribution in [0.1, 0.15) is 57.3 Å². The fraction of sp³-hybridized carbons (Fsp3) is 0.240. The van der Waals surface area contributed by atoms with E-state index in [9.17, 15) is 24.0 Å². The highest BCUT2D eigenvalue weighted by molar-refractivity contribution is 6.21. The summed E-state index contributed by atoms with van der Waals surface area (Å²) < 4.78 is 0. The van der Waals surface area contributed by atoms with E-state index < -0.39 is 11.9 Å². The minimum Gasteiger partial charge on any atom is -0.344 e. The quantitative estimate of drug-likeness (QED) is 0.501. The number of amides is 4. The summed E-state index contributed by atoms with van der Waals surface area (Å²) >= 11 is 0. The summed E-state index contributed by atoms with van der Waals surface area (Å²) in [4.78, 5) is 63.5. The number of imide groups is 1. The first kappa shape index (κ1) is 22.1. The Morgan fingerprint density at radius 1 is 0.970 bits per heavy atom. The second-order valence-corrected chi connectivity index (χ2v) is 8.01. The smallest absolute Gasteiger partial charge is 0.261 e. The maximum Gasteiger partial charge on any atom is 0.261 e. The van der Waals surface area contributed by atoms with Gasteiger partial charge < -0.3 is 10.6 Å². The Hall–Kier alpha value is -4.07. The van der Waals surface area contributed by atoms with Crippen LogP contribution in [0.2, 0.25) is 0 Å². The third-order valence-corrected chi connectivity index (χ3v) is 5.74. The second kappa shape index (κ2) is 9.20. The Labute approximate surface area is 190 Å². The average molecular weight is 445 g/mol. The topological polar surface area (TPSA) is 113 Å². The predicted octanol–water partition coefficient (Wildman–Crippen LogP) is 2.22. The summed E-state index contributed by atoms with van der Waals surface area (Å²) in [5, 5.41) is 5.33. The van der Waals surface area contributed by atoms with E-state index >= 15 is 0 Å². The largest absolute Gasteiger partial charge is 0.344 e.